The Morgan fingerprint density at radius 2 is 1.81 bits per heavy atom. The van der Waals surface area contributed by atoms with Gasteiger partial charge in [-0.3, -0.25) is 5.43 Å². The van der Waals surface area contributed by atoms with Crippen LogP contribution < -0.4 is 15.5 Å². The van der Waals surface area contributed by atoms with Crippen molar-refractivity contribution in [2.24, 2.45) is 5.10 Å². The summed E-state index contributed by atoms with van der Waals surface area (Å²) in [4.78, 5) is 8.85. The van der Waals surface area contributed by atoms with Crippen molar-refractivity contribution in [2.75, 3.05) is 17.9 Å². The molecule has 0 spiro atoms. The second-order valence-electron chi connectivity index (χ2n) is 5.67. The van der Waals surface area contributed by atoms with Gasteiger partial charge in [0.1, 0.15) is 5.75 Å². The van der Waals surface area contributed by atoms with Crippen LogP contribution in [0.4, 0.5) is 11.8 Å². The van der Waals surface area contributed by atoms with Gasteiger partial charge < -0.3 is 10.1 Å². The highest BCUT2D eigenvalue weighted by atomic mass is 16.5. The van der Waals surface area contributed by atoms with Crippen LogP contribution >= 0.6 is 0 Å². The third kappa shape index (κ3) is 4.80. The van der Waals surface area contributed by atoms with Gasteiger partial charge in [0.05, 0.1) is 13.3 Å². The van der Waals surface area contributed by atoms with Crippen LogP contribution in [-0.2, 0) is 6.54 Å². The van der Waals surface area contributed by atoms with E-state index >= 15 is 0 Å². The number of nitrogens with one attached hydrogen (secondary N) is 2. The fourth-order valence-corrected chi connectivity index (χ4v) is 2.42. The number of rotatable bonds is 7. The number of anilines is 2. The quantitative estimate of drug-likeness (QED) is 0.502. The highest BCUT2D eigenvalue weighted by molar-refractivity contribution is 5.83. The molecule has 2 aromatic carbocycles. The standard InChI is InChI=1S/C20H21N5O/c1-15-12-19(25-22-14-17-10-6-7-11-18(17)26-2)24-20(23-15)21-13-16-8-4-3-5-9-16/h3-12,14H,13H2,1-2H3,(H2,21,23,24,25)/b22-14+. The van der Waals surface area contributed by atoms with Gasteiger partial charge in [-0.1, -0.05) is 42.5 Å². The molecule has 0 atom stereocenters. The molecule has 0 saturated carbocycles. The molecule has 0 bridgehead atoms. The maximum Gasteiger partial charge on any atom is 0.225 e. The van der Waals surface area contributed by atoms with Gasteiger partial charge in [-0.25, -0.2) is 4.98 Å². The van der Waals surface area contributed by atoms with Crippen molar-refractivity contribution in [1.29, 1.82) is 0 Å². The van der Waals surface area contributed by atoms with Crippen LogP contribution in [0, 0.1) is 6.92 Å². The Bertz CT molecular complexity index is 880. The first-order valence-electron chi connectivity index (χ1n) is 8.30. The molecule has 6 heteroatoms. The number of hydrogen-bond acceptors (Lipinski definition) is 6. The maximum atomic E-state index is 5.31. The number of hydrazone groups is 1. The van der Waals surface area contributed by atoms with Crippen molar-refractivity contribution in [3.8, 4) is 5.75 Å². The minimum Gasteiger partial charge on any atom is -0.496 e. The predicted octanol–water partition coefficient (Wildman–Crippen LogP) is 3.85. The van der Waals surface area contributed by atoms with Gasteiger partial charge in [0.25, 0.3) is 0 Å². The van der Waals surface area contributed by atoms with Crippen molar-refractivity contribution >= 4 is 18.0 Å². The van der Waals surface area contributed by atoms with E-state index in [4.69, 9.17) is 4.74 Å². The molecule has 3 aromatic rings. The Morgan fingerprint density at radius 3 is 2.62 bits per heavy atom. The second-order valence-corrected chi connectivity index (χ2v) is 5.67. The number of para-hydroxylation sites is 1. The summed E-state index contributed by atoms with van der Waals surface area (Å²) in [6, 6.07) is 19.6. The van der Waals surface area contributed by atoms with Gasteiger partial charge in [-0.15, -0.1) is 0 Å². The van der Waals surface area contributed by atoms with Gasteiger partial charge in [0, 0.05) is 23.9 Å². The molecule has 2 N–H and O–H groups in total. The third-order valence-corrected chi connectivity index (χ3v) is 3.67. The lowest BCUT2D eigenvalue weighted by molar-refractivity contribution is 0.414. The molecule has 0 saturated heterocycles. The average Bonchev–Trinajstić information content (AvgIpc) is 2.67. The lowest BCUT2D eigenvalue weighted by Crippen LogP contribution is -2.06. The van der Waals surface area contributed by atoms with E-state index in [1.807, 2.05) is 55.5 Å². The van der Waals surface area contributed by atoms with Crippen LogP contribution in [0.25, 0.3) is 0 Å². The largest absolute Gasteiger partial charge is 0.496 e. The molecule has 3 rings (SSSR count). The van der Waals surface area contributed by atoms with Gasteiger partial charge in [-0.05, 0) is 24.6 Å². The number of methoxy groups -OCH3 is 1. The molecule has 1 aromatic heterocycles. The van der Waals surface area contributed by atoms with Crippen LogP contribution in [0.2, 0.25) is 0 Å². The minimum atomic E-state index is 0.559. The van der Waals surface area contributed by atoms with E-state index in [0.29, 0.717) is 18.3 Å². The van der Waals surface area contributed by atoms with E-state index in [0.717, 1.165) is 17.0 Å². The molecule has 1 heterocycles. The van der Waals surface area contributed by atoms with Crippen molar-refractivity contribution in [3.63, 3.8) is 0 Å². The Hall–Kier alpha value is -3.41. The third-order valence-electron chi connectivity index (χ3n) is 3.67. The fourth-order valence-electron chi connectivity index (χ4n) is 2.42. The number of aryl methyl sites for hydroxylation is 1. The zero-order valence-corrected chi connectivity index (χ0v) is 14.8. The fraction of sp³-hybridized carbons (Fsp3) is 0.150. The molecule has 0 fully saturated rings. The molecular weight excluding hydrogens is 326 g/mol. The SMILES string of the molecule is COc1ccccc1/C=N/Nc1cc(C)nc(NCc2ccccc2)n1. The van der Waals surface area contributed by atoms with Crippen LogP contribution in [0.5, 0.6) is 5.75 Å². The number of benzene rings is 2. The van der Waals surface area contributed by atoms with E-state index < -0.39 is 0 Å². The molecule has 26 heavy (non-hydrogen) atoms. The molecule has 0 aliphatic heterocycles. The Labute approximate surface area is 153 Å². The zero-order chi connectivity index (χ0) is 18.2. The van der Waals surface area contributed by atoms with Crippen molar-refractivity contribution in [2.45, 2.75) is 13.5 Å². The summed E-state index contributed by atoms with van der Waals surface area (Å²) >= 11 is 0. The van der Waals surface area contributed by atoms with E-state index in [2.05, 4.69) is 37.9 Å². The first-order chi connectivity index (χ1) is 12.7. The number of hydrogen-bond donors (Lipinski definition) is 2. The lowest BCUT2D eigenvalue weighted by atomic mass is 10.2. The van der Waals surface area contributed by atoms with Crippen molar-refractivity contribution in [3.05, 3.63) is 77.5 Å². The molecule has 6 nitrogen and oxygen atoms in total. The number of nitrogens with zero attached hydrogens (tertiary/aromatic N) is 3. The maximum absolute atomic E-state index is 5.31. The zero-order valence-electron chi connectivity index (χ0n) is 14.8. The van der Waals surface area contributed by atoms with Crippen LogP contribution in [0.3, 0.4) is 0 Å². The van der Waals surface area contributed by atoms with Gasteiger partial charge in [0.15, 0.2) is 5.82 Å². The molecule has 0 aliphatic carbocycles. The number of aromatic nitrogens is 2. The van der Waals surface area contributed by atoms with E-state index in [1.165, 1.54) is 5.56 Å². The smallest absolute Gasteiger partial charge is 0.225 e. The lowest BCUT2D eigenvalue weighted by Gasteiger charge is -2.08. The van der Waals surface area contributed by atoms with Crippen LogP contribution in [-0.4, -0.2) is 23.3 Å². The monoisotopic (exact) mass is 347 g/mol. The summed E-state index contributed by atoms with van der Waals surface area (Å²) < 4.78 is 5.31. The highest BCUT2D eigenvalue weighted by Crippen LogP contribution is 2.15. The topological polar surface area (TPSA) is 71.4 Å². The van der Waals surface area contributed by atoms with E-state index in [1.54, 1.807) is 13.3 Å². The first-order valence-corrected chi connectivity index (χ1v) is 8.30. The molecule has 0 amide bonds. The first kappa shape index (κ1) is 17.4. The highest BCUT2D eigenvalue weighted by Gasteiger charge is 2.02. The molecule has 0 radical (unpaired) electrons. The van der Waals surface area contributed by atoms with Crippen molar-refractivity contribution < 1.29 is 4.74 Å². The van der Waals surface area contributed by atoms with Crippen molar-refractivity contribution in [1.82, 2.24) is 9.97 Å². The molecule has 0 unspecified atom stereocenters. The molecule has 0 aliphatic rings. The summed E-state index contributed by atoms with van der Waals surface area (Å²) in [7, 11) is 1.64. The summed E-state index contributed by atoms with van der Waals surface area (Å²) in [5, 5.41) is 7.48. The molecule has 132 valence electrons. The summed E-state index contributed by atoms with van der Waals surface area (Å²) in [6.07, 6.45) is 1.70. The van der Waals surface area contributed by atoms with Crippen LogP contribution in [0.15, 0.2) is 65.8 Å². The van der Waals surface area contributed by atoms with Crippen LogP contribution in [0.1, 0.15) is 16.8 Å². The molecular formula is C20H21N5O. The Balaban J connectivity index is 1.66. The Kier molecular flexibility index (Phi) is 5.77. The Morgan fingerprint density at radius 1 is 1.04 bits per heavy atom. The summed E-state index contributed by atoms with van der Waals surface area (Å²) in [5.41, 5.74) is 5.85. The summed E-state index contributed by atoms with van der Waals surface area (Å²) in [5.74, 6) is 1.95. The predicted molar refractivity (Wildman–Crippen MR) is 105 cm³/mol. The second kappa shape index (κ2) is 8.62. The van der Waals surface area contributed by atoms with E-state index in [9.17, 15) is 0 Å². The van der Waals surface area contributed by atoms with E-state index in [-0.39, 0.29) is 0 Å². The normalized spacial score (nSPS) is 10.7. The van der Waals surface area contributed by atoms with Gasteiger partial charge in [0.2, 0.25) is 5.95 Å². The minimum absolute atomic E-state index is 0.559. The number of ether oxygens (including phenoxy) is 1. The summed E-state index contributed by atoms with van der Waals surface area (Å²) in [6.45, 7) is 2.58. The van der Waals surface area contributed by atoms with Gasteiger partial charge >= 0.3 is 0 Å². The average molecular weight is 347 g/mol. The van der Waals surface area contributed by atoms with Gasteiger partial charge in [-0.2, -0.15) is 10.1 Å².